The Hall–Kier alpha value is -2.99. The third kappa shape index (κ3) is 2.68. The molecule has 0 fully saturated rings. The molecular weight excluding hydrogens is 320 g/mol. The number of nitrogens with one attached hydrogen (secondary N) is 2. The number of benzene rings is 2. The van der Waals surface area contributed by atoms with Gasteiger partial charge in [-0.2, -0.15) is 0 Å². The summed E-state index contributed by atoms with van der Waals surface area (Å²) in [6.45, 7) is 0. The average molecular weight is 334 g/mol. The fourth-order valence-corrected chi connectivity index (χ4v) is 3.42. The zero-order valence-corrected chi connectivity index (χ0v) is 13.4. The topological polar surface area (TPSA) is 87.6 Å². The van der Waals surface area contributed by atoms with Gasteiger partial charge in [0.25, 0.3) is 5.56 Å². The number of nitrogens with zero attached hydrogens (tertiary/aromatic N) is 1. The van der Waals surface area contributed by atoms with Gasteiger partial charge in [-0.3, -0.25) is 15.0 Å². The van der Waals surface area contributed by atoms with Crippen molar-refractivity contribution < 1.29 is 0 Å². The Bertz CT molecular complexity index is 1070. The third-order valence-corrected chi connectivity index (χ3v) is 4.72. The number of rotatable bonds is 3. The molecule has 2 heterocycles. The van der Waals surface area contributed by atoms with E-state index in [1.807, 2.05) is 60.7 Å². The maximum Gasteiger partial charge on any atom is 0.274 e. The van der Waals surface area contributed by atoms with Gasteiger partial charge < -0.3 is 5.73 Å². The minimum atomic E-state index is -0.185. The molecule has 4 aromatic rings. The van der Waals surface area contributed by atoms with Gasteiger partial charge in [0.05, 0.1) is 16.8 Å². The van der Waals surface area contributed by atoms with E-state index >= 15 is 0 Å². The van der Waals surface area contributed by atoms with E-state index < -0.39 is 0 Å². The number of pyridine rings is 1. The van der Waals surface area contributed by atoms with E-state index in [1.165, 1.54) is 11.8 Å². The minimum absolute atomic E-state index is 0.185. The van der Waals surface area contributed by atoms with Gasteiger partial charge in [0.2, 0.25) is 0 Å². The summed E-state index contributed by atoms with van der Waals surface area (Å²) in [7, 11) is 0. The number of para-hydroxylation sites is 1. The normalized spacial score (nSPS) is 11.0. The predicted molar refractivity (Wildman–Crippen MR) is 97.1 cm³/mol. The summed E-state index contributed by atoms with van der Waals surface area (Å²) >= 11 is 1.46. The largest absolute Gasteiger partial charge is 0.399 e. The SMILES string of the molecule is Nc1ccc(Sc2[nH][nH]c(=O)c2-c2ccc3ccccc3n2)cc1. The summed E-state index contributed by atoms with van der Waals surface area (Å²) in [6.07, 6.45) is 0. The van der Waals surface area contributed by atoms with Crippen LogP contribution in [0.15, 0.2) is 75.4 Å². The van der Waals surface area contributed by atoms with Crippen LogP contribution >= 0.6 is 11.8 Å². The molecule has 0 amide bonds. The standard InChI is InChI=1S/C18H14N4OS/c19-12-6-8-13(9-7-12)24-18-16(17(23)21-22-18)15-10-5-11-3-1-2-4-14(11)20-15/h1-10H,19H2,(H2,21,22,23). The van der Waals surface area contributed by atoms with E-state index in [0.717, 1.165) is 20.8 Å². The van der Waals surface area contributed by atoms with Gasteiger partial charge in [-0.05, 0) is 36.4 Å². The summed E-state index contributed by atoms with van der Waals surface area (Å²) in [4.78, 5) is 17.9. The Kier molecular flexibility index (Phi) is 3.59. The van der Waals surface area contributed by atoms with Crippen LogP contribution in [-0.4, -0.2) is 15.2 Å². The number of fused-ring (bicyclic) bond motifs is 1. The molecule has 118 valence electrons. The monoisotopic (exact) mass is 334 g/mol. The zero-order valence-electron chi connectivity index (χ0n) is 12.6. The molecule has 0 saturated heterocycles. The number of nitrogens with two attached hydrogens (primary N) is 1. The Morgan fingerprint density at radius 3 is 2.54 bits per heavy atom. The molecule has 4 rings (SSSR count). The van der Waals surface area contributed by atoms with E-state index in [9.17, 15) is 4.79 Å². The van der Waals surface area contributed by atoms with E-state index in [0.29, 0.717) is 16.9 Å². The van der Waals surface area contributed by atoms with Crippen molar-refractivity contribution in [2.45, 2.75) is 9.92 Å². The van der Waals surface area contributed by atoms with Crippen LogP contribution in [-0.2, 0) is 0 Å². The molecule has 0 saturated carbocycles. The van der Waals surface area contributed by atoms with Crippen LogP contribution in [0.4, 0.5) is 5.69 Å². The molecule has 24 heavy (non-hydrogen) atoms. The van der Waals surface area contributed by atoms with Crippen molar-refractivity contribution in [3.63, 3.8) is 0 Å². The molecule has 5 nitrogen and oxygen atoms in total. The first-order valence-electron chi connectivity index (χ1n) is 7.41. The van der Waals surface area contributed by atoms with Crippen molar-refractivity contribution >= 4 is 28.4 Å². The fourth-order valence-electron chi connectivity index (χ4n) is 2.51. The van der Waals surface area contributed by atoms with Crippen LogP contribution in [0.25, 0.3) is 22.2 Å². The number of anilines is 1. The highest BCUT2D eigenvalue weighted by molar-refractivity contribution is 7.99. The van der Waals surface area contributed by atoms with Crippen LogP contribution in [0.1, 0.15) is 0 Å². The average Bonchev–Trinajstić information content (AvgIpc) is 2.97. The second kappa shape index (κ2) is 5.90. The highest BCUT2D eigenvalue weighted by atomic mass is 32.2. The van der Waals surface area contributed by atoms with E-state index in [1.54, 1.807) is 0 Å². The number of hydrogen-bond donors (Lipinski definition) is 3. The quantitative estimate of drug-likeness (QED) is 0.499. The lowest BCUT2D eigenvalue weighted by atomic mass is 10.1. The Morgan fingerprint density at radius 2 is 1.71 bits per heavy atom. The molecule has 0 aliphatic carbocycles. The second-order valence-corrected chi connectivity index (χ2v) is 6.43. The van der Waals surface area contributed by atoms with Crippen LogP contribution in [0.2, 0.25) is 0 Å². The van der Waals surface area contributed by atoms with E-state index in [4.69, 9.17) is 5.73 Å². The Balaban J connectivity index is 1.78. The van der Waals surface area contributed by atoms with Crippen molar-refractivity contribution in [3.8, 4) is 11.3 Å². The number of aromatic amines is 2. The van der Waals surface area contributed by atoms with Crippen LogP contribution in [0.3, 0.4) is 0 Å². The smallest absolute Gasteiger partial charge is 0.274 e. The summed E-state index contributed by atoms with van der Waals surface area (Å²) in [5.41, 5.74) is 8.29. The number of H-pyrrole nitrogens is 2. The van der Waals surface area contributed by atoms with Gasteiger partial charge in [0.1, 0.15) is 5.03 Å². The van der Waals surface area contributed by atoms with Gasteiger partial charge in [-0.1, -0.05) is 36.0 Å². The fraction of sp³-hybridized carbons (Fsp3) is 0. The molecule has 0 bridgehead atoms. The maximum atomic E-state index is 12.3. The molecule has 0 unspecified atom stereocenters. The lowest BCUT2D eigenvalue weighted by Gasteiger charge is -2.04. The van der Waals surface area contributed by atoms with Gasteiger partial charge in [-0.15, -0.1) is 0 Å². The molecule has 0 aliphatic heterocycles. The lowest BCUT2D eigenvalue weighted by molar-refractivity contribution is 0.986. The molecule has 0 radical (unpaired) electrons. The van der Waals surface area contributed by atoms with Crippen LogP contribution < -0.4 is 11.3 Å². The first kappa shape index (κ1) is 14.6. The molecule has 2 aromatic carbocycles. The van der Waals surface area contributed by atoms with Crippen LogP contribution in [0.5, 0.6) is 0 Å². The molecule has 4 N–H and O–H groups in total. The Morgan fingerprint density at radius 1 is 0.917 bits per heavy atom. The van der Waals surface area contributed by atoms with Crippen LogP contribution in [0, 0.1) is 0 Å². The lowest BCUT2D eigenvalue weighted by Crippen LogP contribution is -2.03. The number of hydrogen-bond acceptors (Lipinski definition) is 4. The predicted octanol–water partition coefficient (Wildman–Crippen LogP) is 3.65. The summed E-state index contributed by atoms with van der Waals surface area (Å²) in [6, 6.07) is 19.2. The van der Waals surface area contributed by atoms with Crippen molar-refractivity contribution in [2.24, 2.45) is 0 Å². The second-order valence-electron chi connectivity index (χ2n) is 5.34. The maximum absolute atomic E-state index is 12.3. The molecule has 0 spiro atoms. The molecule has 0 atom stereocenters. The Labute approximate surface area is 141 Å². The minimum Gasteiger partial charge on any atom is -0.399 e. The molecule has 2 aromatic heterocycles. The summed E-state index contributed by atoms with van der Waals surface area (Å²) in [5, 5.41) is 7.36. The van der Waals surface area contributed by atoms with Gasteiger partial charge in [-0.25, -0.2) is 4.98 Å². The van der Waals surface area contributed by atoms with Gasteiger partial charge >= 0.3 is 0 Å². The summed E-state index contributed by atoms with van der Waals surface area (Å²) in [5.74, 6) is 0. The molecule has 0 aliphatic rings. The molecular formula is C18H14N4OS. The zero-order chi connectivity index (χ0) is 16.5. The summed E-state index contributed by atoms with van der Waals surface area (Å²) < 4.78 is 0. The van der Waals surface area contributed by atoms with Crippen molar-refractivity contribution in [1.29, 1.82) is 0 Å². The highest BCUT2D eigenvalue weighted by Crippen LogP contribution is 2.32. The number of aromatic nitrogens is 3. The number of nitrogen functional groups attached to an aromatic ring is 1. The van der Waals surface area contributed by atoms with E-state index in [2.05, 4.69) is 15.2 Å². The van der Waals surface area contributed by atoms with Crippen molar-refractivity contribution in [2.75, 3.05) is 5.73 Å². The third-order valence-electron chi connectivity index (χ3n) is 3.70. The first-order chi connectivity index (χ1) is 11.7. The van der Waals surface area contributed by atoms with E-state index in [-0.39, 0.29) is 5.56 Å². The van der Waals surface area contributed by atoms with Gasteiger partial charge in [0, 0.05) is 16.0 Å². The first-order valence-corrected chi connectivity index (χ1v) is 8.22. The highest BCUT2D eigenvalue weighted by Gasteiger charge is 2.15. The molecule has 6 heteroatoms. The van der Waals surface area contributed by atoms with Crippen molar-refractivity contribution in [3.05, 3.63) is 71.0 Å². The van der Waals surface area contributed by atoms with Crippen molar-refractivity contribution in [1.82, 2.24) is 15.2 Å². The van der Waals surface area contributed by atoms with Gasteiger partial charge in [0.15, 0.2) is 0 Å².